The van der Waals surface area contributed by atoms with E-state index in [1.807, 2.05) is 13.3 Å². The fourth-order valence-electron chi connectivity index (χ4n) is 8.20. The summed E-state index contributed by atoms with van der Waals surface area (Å²) >= 11 is 6.42. The SMILES string of the molecule is C[N+](=CC1CCN(C(=O)/C=C/C2CNCCO2)C1)c1nc(OC[C@@]23CCCN2C[C@H](F)C3)nc2c(F)c(-c3cccc4ccc(F)c(Cl)c34)ncc12. The van der Waals surface area contributed by atoms with Crippen molar-refractivity contribution in [3.8, 4) is 17.3 Å². The smallest absolute Gasteiger partial charge is 0.434 e. The summed E-state index contributed by atoms with van der Waals surface area (Å²) < 4.78 is 59.7. The second kappa shape index (κ2) is 14.3. The Bertz CT molecular complexity index is 2090. The number of nitrogens with zero attached hydrogens (tertiary/aromatic N) is 6. The Morgan fingerprint density at radius 2 is 2.10 bits per heavy atom. The van der Waals surface area contributed by atoms with E-state index in [-0.39, 0.29) is 46.8 Å². The number of carbonyl (C=O) groups excluding carboxylic acids is 1. The lowest BCUT2D eigenvalue weighted by Gasteiger charge is -2.30. The molecule has 0 bridgehead atoms. The van der Waals surface area contributed by atoms with Crippen molar-refractivity contribution in [1.82, 2.24) is 30.1 Å². The van der Waals surface area contributed by atoms with Crippen LogP contribution in [0, 0.1) is 17.6 Å². The minimum atomic E-state index is -0.938. The van der Waals surface area contributed by atoms with Gasteiger partial charge in [0.25, 0.3) is 0 Å². The molecule has 10 nitrogen and oxygen atoms in total. The van der Waals surface area contributed by atoms with Gasteiger partial charge in [0, 0.05) is 73.3 Å². The summed E-state index contributed by atoms with van der Waals surface area (Å²) in [5.74, 6) is -1.08. The molecule has 1 amide bonds. The molecule has 14 heteroatoms. The summed E-state index contributed by atoms with van der Waals surface area (Å²) in [4.78, 5) is 30.7. The van der Waals surface area contributed by atoms with Crippen LogP contribution in [0.25, 0.3) is 32.9 Å². The van der Waals surface area contributed by atoms with Crippen molar-refractivity contribution in [2.45, 2.75) is 43.5 Å². The lowest BCUT2D eigenvalue weighted by Crippen LogP contribution is -2.43. The van der Waals surface area contributed by atoms with Crippen LogP contribution in [0.1, 0.15) is 25.7 Å². The summed E-state index contributed by atoms with van der Waals surface area (Å²) in [6.45, 7) is 4.49. The Labute approximate surface area is 304 Å². The van der Waals surface area contributed by atoms with Gasteiger partial charge >= 0.3 is 11.8 Å². The van der Waals surface area contributed by atoms with Gasteiger partial charge in [-0.15, -0.1) is 0 Å². The predicted molar refractivity (Wildman–Crippen MR) is 192 cm³/mol. The number of benzene rings is 2. The van der Waals surface area contributed by atoms with E-state index in [9.17, 15) is 13.6 Å². The van der Waals surface area contributed by atoms with Crippen molar-refractivity contribution in [2.75, 3.05) is 59.5 Å². The van der Waals surface area contributed by atoms with Gasteiger partial charge in [0.2, 0.25) is 5.91 Å². The van der Waals surface area contributed by atoms with Gasteiger partial charge in [-0.2, -0.15) is 4.98 Å². The molecule has 8 rings (SSSR count). The molecule has 4 atom stereocenters. The predicted octanol–water partition coefficient (Wildman–Crippen LogP) is 5.47. The van der Waals surface area contributed by atoms with E-state index in [1.165, 1.54) is 12.3 Å². The fourth-order valence-corrected chi connectivity index (χ4v) is 8.47. The minimum Gasteiger partial charge on any atom is -0.443 e. The molecule has 6 heterocycles. The van der Waals surface area contributed by atoms with Crippen molar-refractivity contribution in [2.24, 2.45) is 5.92 Å². The van der Waals surface area contributed by atoms with Crippen LogP contribution in [0.4, 0.5) is 19.0 Å². The fraction of sp³-hybridized carbons (Fsp3) is 0.447. The first-order chi connectivity index (χ1) is 25.2. The topological polar surface area (TPSA) is 95.7 Å². The van der Waals surface area contributed by atoms with Gasteiger partial charge in [-0.05, 0) is 43.3 Å². The van der Waals surface area contributed by atoms with Crippen molar-refractivity contribution < 1.29 is 32.0 Å². The molecular formula is C38H40ClF3N7O3+. The average molecular weight is 735 g/mol. The summed E-state index contributed by atoms with van der Waals surface area (Å²) in [5.41, 5.74) is -0.217. The number of amides is 1. The summed E-state index contributed by atoms with van der Waals surface area (Å²) in [6, 6.07) is 7.97. The molecule has 0 saturated carbocycles. The summed E-state index contributed by atoms with van der Waals surface area (Å²) in [7, 11) is 1.81. The largest absolute Gasteiger partial charge is 0.443 e. The van der Waals surface area contributed by atoms with Crippen LogP contribution < -0.4 is 10.1 Å². The van der Waals surface area contributed by atoms with Gasteiger partial charge in [-0.3, -0.25) is 14.7 Å². The third-order valence-electron chi connectivity index (χ3n) is 10.8. The Kier molecular flexibility index (Phi) is 9.62. The Morgan fingerprint density at radius 3 is 2.94 bits per heavy atom. The molecule has 52 heavy (non-hydrogen) atoms. The Balaban J connectivity index is 1.14. The first-order valence-corrected chi connectivity index (χ1v) is 18.2. The van der Waals surface area contributed by atoms with Crippen molar-refractivity contribution in [3.05, 3.63) is 65.3 Å². The molecule has 0 radical (unpaired) electrons. The summed E-state index contributed by atoms with van der Waals surface area (Å²) in [5, 5.41) is 4.44. The highest BCUT2D eigenvalue weighted by Crippen LogP contribution is 2.41. The third-order valence-corrected chi connectivity index (χ3v) is 11.1. The van der Waals surface area contributed by atoms with Crippen LogP contribution in [-0.2, 0) is 9.53 Å². The molecule has 0 spiro atoms. The lowest BCUT2D eigenvalue weighted by molar-refractivity contribution is -0.405. The second-order valence-electron chi connectivity index (χ2n) is 14.2. The third kappa shape index (κ3) is 6.63. The van der Waals surface area contributed by atoms with Crippen molar-refractivity contribution in [3.63, 3.8) is 0 Å². The first-order valence-electron chi connectivity index (χ1n) is 17.8. The van der Waals surface area contributed by atoms with E-state index < -0.39 is 23.3 Å². The van der Waals surface area contributed by atoms with Gasteiger partial charge in [-0.1, -0.05) is 35.9 Å². The normalized spacial score (nSPS) is 25.5. The maximum atomic E-state index is 16.8. The number of nitrogens with one attached hydrogen (secondary N) is 1. The van der Waals surface area contributed by atoms with Crippen LogP contribution in [0.15, 0.2) is 48.7 Å². The molecule has 4 aliphatic heterocycles. The van der Waals surface area contributed by atoms with E-state index in [0.717, 1.165) is 32.4 Å². The number of rotatable bonds is 8. The highest BCUT2D eigenvalue weighted by atomic mass is 35.5. The number of aromatic nitrogens is 3. The first kappa shape index (κ1) is 34.9. The zero-order valence-electron chi connectivity index (χ0n) is 28.8. The van der Waals surface area contributed by atoms with Crippen LogP contribution in [-0.4, -0.2) is 119 Å². The van der Waals surface area contributed by atoms with Gasteiger partial charge in [0.1, 0.15) is 35.2 Å². The highest BCUT2D eigenvalue weighted by molar-refractivity contribution is 6.36. The van der Waals surface area contributed by atoms with Gasteiger partial charge < -0.3 is 19.7 Å². The number of carbonyl (C=O) groups is 1. The molecule has 2 aromatic carbocycles. The number of fused-ring (bicyclic) bond motifs is 3. The van der Waals surface area contributed by atoms with Crippen LogP contribution >= 0.6 is 11.6 Å². The van der Waals surface area contributed by atoms with Crippen molar-refractivity contribution in [1.29, 1.82) is 0 Å². The number of halogens is 4. The number of morpholine rings is 1. The van der Waals surface area contributed by atoms with Crippen LogP contribution in [0.3, 0.4) is 0 Å². The Morgan fingerprint density at radius 1 is 1.21 bits per heavy atom. The minimum absolute atomic E-state index is 0.0000408. The zero-order valence-corrected chi connectivity index (χ0v) is 29.6. The lowest BCUT2D eigenvalue weighted by atomic mass is 9.95. The van der Waals surface area contributed by atoms with Gasteiger partial charge in [0.15, 0.2) is 5.82 Å². The van der Waals surface area contributed by atoms with E-state index >= 15 is 4.39 Å². The molecule has 4 aromatic rings. The maximum Gasteiger partial charge on any atom is 0.434 e. The zero-order chi connectivity index (χ0) is 36.0. The van der Waals surface area contributed by atoms with Gasteiger partial charge in [0.05, 0.1) is 36.5 Å². The molecule has 0 aliphatic carbocycles. The van der Waals surface area contributed by atoms with E-state index in [0.29, 0.717) is 66.7 Å². The monoisotopic (exact) mass is 734 g/mol. The number of hydrogen-bond acceptors (Lipinski definition) is 8. The number of pyridine rings is 1. The van der Waals surface area contributed by atoms with Crippen molar-refractivity contribution >= 4 is 51.2 Å². The molecule has 1 N–H and O–H groups in total. The molecule has 4 saturated heterocycles. The molecule has 4 aliphatic rings. The molecule has 2 unspecified atom stereocenters. The maximum absolute atomic E-state index is 16.8. The number of alkyl halides is 1. The molecule has 272 valence electrons. The van der Waals surface area contributed by atoms with Gasteiger partial charge in [-0.25, -0.2) is 17.7 Å². The number of ether oxygens (including phenoxy) is 2. The average Bonchev–Trinajstić information content (AvgIpc) is 3.86. The standard InChI is InChI=1S/C38H40ClF3N7O3/c1-47(19-23-10-14-48(20-23)30(50)9-7-26-17-43-12-15-51-26)36-28-18-44-34(27-5-2-4-24-6-8-29(41)32(39)31(24)27)33(42)35(28)45-37(46-36)52-22-38-11-3-13-49(38)21-25(40)16-38/h2,4-9,18-19,23,25-26,43H,3,10-17,20-22H2,1H3/q+1/b9-7+,47-19?/t23?,25-,26?,38+/m1/s1. The second-order valence-corrected chi connectivity index (χ2v) is 14.6. The van der Waals surface area contributed by atoms with E-state index in [1.54, 1.807) is 45.9 Å². The molecule has 2 aromatic heterocycles. The number of hydrogen-bond donors (Lipinski definition) is 1. The highest BCUT2D eigenvalue weighted by Gasteiger charge is 2.49. The molecule has 4 fully saturated rings. The van der Waals surface area contributed by atoms with E-state index in [4.69, 9.17) is 26.1 Å². The quantitative estimate of drug-likeness (QED) is 0.145. The summed E-state index contributed by atoms with van der Waals surface area (Å²) in [6.07, 6.45) is 8.61. The Hall–Kier alpha value is -4.17. The molecular weight excluding hydrogens is 695 g/mol. The number of likely N-dealkylation sites (tertiary alicyclic amines) is 1. The van der Waals surface area contributed by atoms with Crippen LogP contribution in [0.2, 0.25) is 5.02 Å². The van der Waals surface area contributed by atoms with E-state index in [2.05, 4.69) is 20.2 Å². The van der Waals surface area contributed by atoms with Crippen LogP contribution in [0.5, 0.6) is 6.01 Å².